The van der Waals surface area contributed by atoms with Gasteiger partial charge in [-0.15, -0.1) is 0 Å². The molecule has 2 rings (SSSR count). The molecule has 0 unspecified atom stereocenters. The second-order valence-electron chi connectivity index (χ2n) is 5.28. The van der Waals surface area contributed by atoms with Gasteiger partial charge in [-0.2, -0.15) is 0 Å². The third-order valence-electron chi connectivity index (χ3n) is 4.02. The summed E-state index contributed by atoms with van der Waals surface area (Å²) in [5, 5.41) is 1.02. The number of halogens is 1. The molecule has 0 aliphatic heterocycles. The molecule has 1 aromatic rings. The van der Waals surface area contributed by atoms with Crippen LogP contribution in [-0.2, 0) is 6.42 Å². The highest BCUT2D eigenvalue weighted by molar-refractivity contribution is 9.09. The largest absolute Gasteiger partial charge is 0.0880 e. The van der Waals surface area contributed by atoms with E-state index in [4.69, 9.17) is 0 Å². The number of hydrogen-bond acceptors (Lipinski definition) is 0. The second-order valence-corrected chi connectivity index (χ2v) is 5.84. The van der Waals surface area contributed by atoms with Crippen LogP contribution in [0.4, 0.5) is 0 Å². The van der Waals surface area contributed by atoms with Gasteiger partial charge in [0.1, 0.15) is 0 Å². The maximum atomic E-state index is 3.67. The van der Waals surface area contributed by atoms with Crippen molar-refractivity contribution in [3.63, 3.8) is 0 Å². The summed E-state index contributed by atoms with van der Waals surface area (Å²) in [6.45, 7) is 2.21. The van der Waals surface area contributed by atoms with Crippen LogP contribution < -0.4 is 0 Å². The van der Waals surface area contributed by atoms with Crippen LogP contribution in [0.25, 0.3) is 6.08 Å². The first-order valence-electron chi connectivity index (χ1n) is 7.19. The Kier molecular flexibility index (Phi) is 5.49. The molecule has 1 saturated carbocycles. The van der Waals surface area contributed by atoms with Gasteiger partial charge in [0.25, 0.3) is 0 Å². The molecule has 0 N–H and O–H groups in total. The standard InChI is InChI=1S/C17H23Br/c1-2-14-8-10-15(11-9-14)12-17(13-18)16-6-4-3-5-7-16/h8-12,16H,2-7,13H2,1H3. The van der Waals surface area contributed by atoms with Gasteiger partial charge in [-0.3, -0.25) is 0 Å². The van der Waals surface area contributed by atoms with E-state index >= 15 is 0 Å². The predicted octanol–water partition coefficient (Wildman–Crippen LogP) is 5.61. The smallest absolute Gasteiger partial charge is 0.0247 e. The fourth-order valence-electron chi connectivity index (χ4n) is 2.80. The van der Waals surface area contributed by atoms with Crippen LogP contribution in [0.2, 0.25) is 0 Å². The minimum absolute atomic E-state index is 0.809. The van der Waals surface area contributed by atoms with Crippen molar-refractivity contribution in [3.8, 4) is 0 Å². The summed E-state index contributed by atoms with van der Waals surface area (Å²) in [5.74, 6) is 0.809. The molecular formula is C17H23Br. The lowest BCUT2D eigenvalue weighted by atomic mass is 9.84. The van der Waals surface area contributed by atoms with Crippen molar-refractivity contribution in [1.29, 1.82) is 0 Å². The van der Waals surface area contributed by atoms with E-state index in [1.165, 1.54) is 43.2 Å². The van der Waals surface area contributed by atoms with Crippen molar-refractivity contribution in [2.75, 3.05) is 5.33 Å². The average molecular weight is 307 g/mol. The summed E-state index contributed by atoms with van der Waals surface area (Å²) in [4.78, 5) is 0. The van der Waals surface area contributed by atoms with Gasteiger partial charge >= 0.3 is 0 Å². The minimum atomic E-state index is 0.809. The lowest BCUT2D eigenvalue weighted by molar-refractivity contribution is 0.405. The molecule has 0 aromatic heterocycles. The molecule has 0 bridgehead atoms. The maximum Gasteiger partial charge on any atom is 0.0247 e. The number of allylic oxidation sites excluding steroid dienone is 1. The van der Waals surface area contributed by atoms with Crippen molar-refractivity contribution in [2.45, 2.75) is 45.4 Å². The summed E-state index contributed by atoms with van der Waals surface area (Å²) in [6.07, 6.45) is 10.5. The molecule has 1 aliphatic rings. The topological polar surface area (TPSA) is 0 Å². The van der Waals surface area contributed by atoms with Crippen LogP contribution in [0.15, 0.2) is 29.8 Å². The molecular weight excluding hydrogens is 284 g/mol. The lowest BCUT2D eigenvalue weighted by Gasteiger charge is -2.23. The summed E-state index contributed by atoms with van der Waals surface area (Å²) >= 11 is 3.67. The number of rotatable bonds is 4. The molecule has 18 heavy (non-hydrogen) atoms. The molecule has 0 nitrogen and oxygen atoms in total. The average Bonchev–Trinajstić information content (AvgIpc) is 2.46. The zero-order chi connectivity index (χ0) is 12.8. The normalized spacial score (nSPS) is 18.0. The summed E-state index contributed by atoms with van der Waals surface area (Å²) < 4.78 is 0. The Bertz CT molecular complexity index is 383. The summed E-state index contributed by atoms with van der Waals surface area (Å²) in [6, 6.07) is 9.01. The molecule has 1 aromatic carbocycles. The lowest BCUT2D eigenvalue weighted by Crippen LogP contribution is -2.10. The highest BCUT2D eigenvalue weighted by Crippen LogP contribution is 2.31. The van der Waals surface area contributed by atoms with Gasteiger partial charge in [0.15, 0.2) is 0 Å². The number of alkyl halides is 1. The van der Waals surface area contributed by atoms with Crippen LogP contribution in [-0.4, -0.2) is 5.33 Å². The number of benzene rings is 1. The molecule has 0 atom stereocenters. The molecule has 0 amide bonds. The van der Waals surface area contributed by atoms with E-state index in [0.29, 0.717) is 0 Å². The fourth-order valence-corrected chi connectivity index (χ4v) is 3.42. The monoisotopic (exact) mass is 306 g/mol. The third kappa shape index (κ3) is 3.71. The van der Waals surface area contributed by atoms with Crippen LogP contribution in [0.3, 0.4) is 0 Å². The van der Waals surface area contributed by atoms with Gasteiger partial charge < -0.3 is 0 Å². The number of aryl methyl sites for hydroxylation is 1. The summed E-state index contributed by atoms with van der Waals surface area (Å²) in [7, 11) is 0. The van der Waals surface area contributed by atoms with E-state index in [1.54, 1.807) is 5.57 Å². The van der Waals surface area contributed by atoms with Crippen molar-refractivity contribution in [2.24, 2.45) is 5.92 Å². The Morgan fingerprint density at radius 1 is 1.17 bits per heavy atom. The highest BCUT2D eigenvalue weighted by Gasteiger charge is 2.16. The quantitative estimate of drug-likeness (QED) is 0.634. The van der Waals surface area contributed by atoms with Gasteiger partial charge in [0.2, 0.25) is 0 Å². The van der Waals surface area contributed by atoms with Gasteiger partial charge in [0.05, 0.1) is 0 Å². The maximum absolute atomic E-state index is 3.67. The Labute approximate surface area is 120 Å². The molecule has 1 heteroatoms. The Morgan fingerprint density at radius 2 is 1.83 bits per heavy atom. The van der Waals surface area contributed by atoms with E-state index < -0.39 is 0 Å². The van der Waals surface area contributed by atoms with Gasteiger partial charge in [-0.05, 0) is 36.3 Å². The van der Waals surface area contributed by atoms with Gasteiger partial charge in [0, 0.05) is 5.33 Å². The van der Waals surface area contributed by atoms with Gasteiger partial charge in [-0.25, -0.2) is 0 Å². The van der Waals surface area contributed by atoms with Crippen molar-refractivity contribution in [1.82, 2.24) is 0 Å². The van der Waals surface area contributed by atoms with Crippen LogP contribution in [0.1, 0.15) is 50.2 Å². The Morgan fingerprint density at radius 3 is 2.39 bits per heavy atom. The zero-order valence-electron chi connectivity index (χ0n) is 11.3. The first-order chi connectivity index (χ1) is 8.83. The predicted molar refractivity (Wildman–Crippen MR) is 84.2 cm³/mol. The Hall–Kier alpha value is -0.560. The molecule has 1 aliphatic carbocycles. The minimum Gasteiger partial charge on any atom is -0.0880 e. The second kappa shape index (κ2) is 7.13. The van der Waals surface area contributed by atoms with E-state index in [2.05, 4.69) is 53.2 Å². The van der Waals surface area contributed by atoms with Crippen LogP contribution >= 0.6 is 15.9 Å². The molecule has 0 saturated heterocycles. The van der Waals surface area contributed by atoms with Crippen LogP contribution in [0.5, 0.6) is 0 Å². The fraction of sp³-hybridized carbons (Fsp3) is 0.529. The zero-order valence-corrected chi connectivity index (χ0v) is 12.9. The Balaban J connectivity index is 2.11. The molecule has 0 heterocycles. The molecule has 98 valence electrons. The molecule has 1 fully saturated rings. The first-order valence-corrected chi connectivity index (χ1v) is 8.31. The van der Waals surface area contributed by atoms with E-state index in [0.717, 1.165) is 17.7 Å². The SMILES string of the molecule is CCc1ccc(C=C(CBr)C2CCCCC2)cc1. The highest BCUT2D eigenvalue weighted by atomic mass is 79.9. The molecule has 0 spiro atoms. The number of hydrogen-bond donors (Lipinski definition) is 0. The van der Waals surface area contributed by atoms with Crippen LogP contribution in [0, 0.1) is 5.92 Å². The van der Waals surface area contributed by atoms with E-state index in [-0.39, 0.29) is 0 Å². The third-order valence-corrected chi connectivity index (χ3v) is 4.67. The van der Waals surface area contributed by atoms with Crippen molar-refractivity contribution in [3.05, 3.63) is 41.0 Å². The first kappa shape index (κ1) is 13.9. The molecule has 0 radical (unpaired) electrons. The van der Waals surface area contributed by atoms with Gasteiger partial charge in [-0.1, -0.05) is 78.0 Å². The van der Waals surface area contributed by atoms with E-state index in [9.17, 15) is 0 Å². The van der Waals surface area contributed by atoms with Crippen molar-refractivity contribution < 1.29 is 0 Å². The summed E-state index contributed by atoms with van der Waals surface area (Å²) in [5.41, 5.74) is 4.36. The van der Waals surface area contributed by atoms with Crippen molar-refractivity contribution >= 4 is 22.0 Å². The van der Waals surface area contributed by atoms with E-state index in [1.807, 2.05) is 0 Å².